The van der Waals surface area contributed by atoms with Crippen molar-refractivity contribution in [1.29, 1.82) is 0 Å². The van der Waals surface area contributed by atoms with Crippen molar-refractivity contribution in [2.45, 2.75) is 26.1 Å². The Labute approximate surface area is 169 Å². The van der Waals surface area contributed by atoms with Gasteiger partial charge in [-0.3, -0.25) is 9.36 Å². The van der Waals surface area contributed by atoms with Gasteiger partial charge in [0, 0.05) is 15.6 Å². The summed E-state index contributed by atoms with van der Waals surface area (Å²) in [6, 6.07) is 12.7. The number of carbonyl (C=O) groups excluding carboxylic acids is 1. The molecule has 0 aliphatic heterocycles. The van der Waals surface area contributed by atoms with Gasteiger partial charge in [0.2, 0.25) is 0 Å². The summed E-state index contributed by atoms with van der Waals surface area (Å²) in [5.74, 6) is -0.228. The van der Waals surface area contributed by atoms with Crippen molar-refractivity contribution in [3.63, 3.8) is 0 Å². The average molecular weight is 431 g/mol. The molecule has 0 amide bonds. The zero-order valence-corrected chi connectivity index (χ0v) is 17.7. The van der Waals surface area contributed by atoms with Crippen LogP contribution in [0.25, 0.3) is 0 Å². The Hall–Kier alpha value is -1.36. The molecule has 2 rings (SSSR count). The molecule has 1 atom stereocenters. The average Bonchev–Trinajstić information content (AvgIpc) is 2.62. The second-order valence-electron chi connectivity index (χ2n) is 5.60. The largest absolute Gasteiger partial charge is 0.462 e. The smallest absolute Gasteiger partial charge is 0.386 e. The van der Waals surface area contributed by atoms with Gasteiger partial charge in [-0.2, -0.15) is 0 Å². The molecular formula is C19H21Cl2O5P. The first-order chi connectivity index (χ1) is 12.8. The van der Waals surface area contributed by atoms with E-state index in [0.29, 0.717) is 21.4 Å². The Morgan fingerprint density at radius 3 is 1.78 bits per heavy atom. The monoisotopic (exact) mass is 430 g/mol. The molecule has 0 saturated heterocycles. The minimum atomic E-state index is -4.08. The summed E-state index contributed by atoms with van der Waals surface area (Å²) in [5.41, 5.74) is 0.319. The molecule has 0 fully saturated rings. The maximum atomic E-state index is 13.8. The van der Waals surface area contributed by atoms with Crippen molar-refractivity contribution in [2.24, 2.45) is 0 Å². The van der Waals surface area contributed by atoms with E-state index in [-0.39, 0.29) is 13.2 Å². The summed E-state index contributed by atoms with van der Waals surface area (Å²) in [5, 5.41) is -1.03. The van der Waals surface area contributed by atoms with E-state index in [1.807, 2.05) is 0 Å². The van der Waals surface area contributed by atoms with Crippen LogP contribution >= 0.6 is 30.8 Å². The number of ether oxygens (including phenoxy) is 1. The van der Waals surface area contributed by atoms with Crippen molar-refractivity contribution in [2.75, 3.05) is 13.2 Å². The van der Waals surface area contributed by atoms with Gasteiger partial charge in [0.05, 0.1) is 13.2 Å². The van der Waals surface area contributed by atoms with Crippen LogP contribution in [-0.2, 0) is 23.7 Å². The van der Waals surface area contributed by atoms with Crippen LogP contribution in [0.4, 0.5) is 0 Å². The summed E-state index contributed by atoms with van der Waals surface area (Å²) < 4.78 is 30.8. The van der Waals surface area contributed by atoms with Gasteiger partial charge in [-0.25, -0.2) is 0 Å². The maximum Gasteiger partial charge on any atom is 0.386 e. The summed E-state index contributed by atoms with van der Waals surface area (Å²) in [7, 11) is -4.08. The van der Waals surface area contributed by atoms with E-state index in [4.69, 9.17) is 37.0 Å². The van der Waals surface area contributed by atoms with Crippen molar-refractivity contribution >= 4 is 36.6 Å². The summed E-state index contributed by atoms with van der Waals surface area (Å²) in [6.07, 6.45) is 0. The van der Waals surface area contributed by atoms with E-state index in [1.54, 1.807) is 62.4 Å². The first-order valence-corrected chi connectivity index (χ1v) is 10.7. The van der Waals surface area contributed by atoms with Gasteiger partial charge in [-0.1, -0.05) is 35.3 Å². The van der Waals surface area contributed by atoms with Crippen molar-refractivity contribution in [3.8, 4) is 5.75 Å². The van der Waals surface area contributed by atoms with Crippen LogP contribution < -0.4 is 4.74 Å². The van der Waals surface area contributed by atoms with Gasteiger partial charge in [-0.05, 0) is 57.2 Å². The quantitative estimate of drug-likeness (QED) is 0.451. The van der Waals surface area contributed by atoms with Crippen LogP contribution in [0.3, 0.4) is 0 Å². The lowest BCUT2D eigenvalue weighted by Crippen LogP contribution is -2.41. The molecule has 0 aromatic heterocycles. The summed E-state index contributed by atoms with van der Waals surface area (Å²) in [4.78, 5) is 12.9. The van der Waals surface area contributed by atoms with Gasteiger partial charge in [0.1, 0.15) is 5.75 Å². The number of benzene rings is 2. The topological polar surface area (TPSA) is 61.8 Å². The fourth-order valence-electron chi connectivity index (χ4n) is 2.65. The zero-order valence-electron chi connectivity index (χ0n) is 15.3. The molecule has 2 aromatic rings. The Bertz CT molecular complexity index is 813. The molecule has 0 bridgehead atoms. The molecule has 146 valence electrons. The van der Waals surface area contributed by atoms with Crippen LogP contribution in [0.15, 0.2) is 48.5 Å². The van der Waals surface area contributed by atoms with E-state index in [2.05, 4.69) is 0 Å². The molecule has 0 N–H and O–H groups in total. The van der Waals surface area contributed by atoms with Crippen LogP contribution in [0.2, 0.25) is 10.0 Å². The molecule has 0 aliphatic rings. The normalized spacial score (nSPS) is 13.8. The van der Waals surface area contributed by atoms with E-state index in [0.717, 1.165) is 0 Å². The number of Topliss-reactive ketones (excluding diaryl/α,β-unsaturated/α-hetero) is 1. The minimum absolute atomic E-state index is 0.0733. The van der Waals surface area contributed by atoms with Crippen molar-refractivity contribution < 1.29 is 23.1 Å². The van der Waals surface area contributed by atoms with Crippen LogP contribution in [-0.4, -0.2) is 19.0 Å². The molecule has 0 saturated carbocycles. The molecule has 8 heteroatoms. The SMILES string of the molecule is CCOP(=O)(OCC)C(Oc1ccc(Cl)cc1)(C(C)=O)c1ccc(Cl)cc1. The van der Waals surface area contributed by atoms with Crippen LogP contribution in [0.1, 0.15) is 26.3 Å². The number of rotatable bonds is 9. The lowest BCUT2D eigenvalue weighted by atomic mass is 10.1. The summed E-state index contributed by atoms with van der Waals surface area (Å²) >= 11 is 11.9. The third kappa shape index (κ3) is 4.56. The van der Waals surface area contributed by atoms with Gasteiger partial charge in [0.25, 0.3) is 5.34 Å². The number of halogens is 2. The molecule has 0 aliphatic carbocycles. The lowest BCUT2D eigenvalue weighted by molar-refractivity contribution is -0.128. The number of ketones is 1. The predicted molar refractivity (Wildman–Crippen MR) is 107 cm³/mol. The first-order valence-electron chi connectivity index (χ1n) is 8.40. The van der Waals surface area contributed by atoms with Crippen molar-refractivity contribution in [1.82, 2.24) is 0 Å². The molecule has 5 nitrogen and oxygen atoms in total. The molecule has 0 spiro atoms. The predicted octanol–water partition coefficient (Wildman–Crippen LogP) is 6.08. The zero-order chi connectivity index (χ0) is 20.1. The highest BCUT2D eigenvalue weighted by molar-refractivity contribution is 7.56. The first kappa shape index (κ1) is 21.9. The molecule has 2 aromatic carbocycles. The van der Waals surface area contributed by atoms with E-state index < -0.39 is 18.7 Å². The van der Waals surface area contributed by atoms with Crippen LogP contribution in [0, 0.1) is 0 Å². The molecular weight excluding hydrogens is 410 g/mol. The Morgan fingerprint density at radius 2 is 1.37 bits per heavy atom. The van der Waals surface area contributed by atoms with Gasteiger partial charge in [0.15, 0.2) is 5.78 Å². The number of carbonyl (C=O) groups is 1. The molecule has 0 radical (unpaired) electrons. The standard InChI is InChI=1S/C19H21Cl2O5P/c1-4-24-27(23,25-5-2)19(14(3)22,15-6-8-16(20)9-7-15)26-18-12-10-17(21)11-13-18/h6-13H,4-5H2,1-3H3. The fraction of sp³-hybridized carbons (Fsp3) is 0.316. The number of hydrogen-bond donors (Lipinski definition) is 0. The molecule has 27 heavy (non-hydrogen) atoms. The molecule has 0 heterocycles. The highest BCUT2D eigenvalue weighted by Gasteiger charge is 2.59. The Balaban J connectivity index is 2.73. The second-order valence-corrected chi connectivity index (χ2v) is 8.61. The third-order valence-corrected chi connectivity index (χ3v) is 6.91. The maximum absolute atomic E-state index is 13.8. The fourth-order valence-corrected chi connectivity index (χ4v) is 5.09. The molecule has 1 unspecified atom stereocenters. The van der Waals surface area contributed by atoms with E-state index in [1.165, 1.54) is 6.92 Å². The number of hydrogen-bond acceptors (Lipinski definition) is 5. The second kappa shape index (κ2) is 9.22. The van der Waals surface area contributed by atoms with Crippen molar-refractivity contribution in [3.05, 3.63) is 64.1 Å². The van der Waals surface area contributed by atoms with E-state index in [9.17, 15) is 9.36 Å². The minimum Gasteiger partial charge on any atom is -0.462 e. The van der Waals surface area contributed by atoms with Gasteiger partial charge in [-0.15, -0.1) is 0 Å². The highest BCUT2D eigenvalue weighted by Crippen LogP contribution is 2.65. The third-order valence-electron chi connectivity index (χ3n) is 3.78. The van der Waals surface area contributed by atoms with Gasteiger partial charge < -0.3 is 13.8 Å². The Morgan fingerprint density at radius 1 is 0.926 bits per heavy atom. The highest BCUT2D eigenvalue weighted by atomic mass is 35.5. The summed E-state index contributed by atoms with van der Waals surface area (Å²) in [6.45, 7) is 4.77. The lowest BCUT2D eigenvalue weighted by Gasteiger charge is -2.37. The van der Waals surface area contributed by atoms with Gasteiger partial charge >= 0.3 is 7.60 Å². The Kier molecular flexibility index (Phi) is 7.49. The van der Waals surface area contributed by atoms with Crippen LogP contribution in [0.5, 0.6) is 5.75 Å². The van der Waals surface area contributed by atoms with E-state index >= 15 is 0 Å².